The first-order chi connectivity index (χ1) is 13.2. The highest BCUT2D eigenvalue weighted by molar-refractivity contribution is 6.35. The molecule has 0 saturated carbocycles. The van der Waals surface area contributed by atoms with Crippen molar-refractivity contribution >= 4 is 11.8 Å². The van der Waals surface area contributed by atoms with E-state index < -0.39 is 11.8 Å². The number of carbonyl (C=O) groups is 2. The summed E-state index contributed by atoms with van der Waals surface area (Å²) in [7, 11) is 1.58. The van der Waals surface area contributed by atoms with Crippen LogP contribution in [0.25, 0.3) is 0 Å². The molecule has 2 fully saturated rings. The molecule has 7 heteroatoms. The Morgan fingerprint density at radius 1 is 1.15 bits per heavy atom. The lowest BCUT2D eigenvalue weighted by Crippen LogP contribution is -2.45. The third-order valence-electron chi connectivity index (χ3n) is 5.46. The number of ether oxygens (including phenoxy) is 2. The highest BCUT2D eigenvalue weighted by atomic mass is 16.5. The van der Waals surface area contributed by atoms with E-state index in [0.717, 1.165) is 51.1 Å². The molecule has 2 aliphatic heterocycles. The fourth-order valence-electron chi connectivity index (χ4n) is 3.75. The SMILES string of the molecule is COc1ccccc1CNC(=O)C(=O)NCC1CCN(C2CCOC2)CC1. The molecule has 0 radical (unpaired) electrons. The van der Waals surface area contributed by atoms with E-state index in [2.05, 4.69) is 15.5 Å². The van der Waals surface area contributed by atoms with E-state index in [1.165, 1.54) is 0 Å². The summed E-state index contributed by atoms with van der Waals surface area (Å²) in [6.45, 7) is 4.59. The van der Waals surface area contributed by atoms with Crippen LogP contribution in [0.2, 0.25) is 0 Å². The van der Waals surface area contributed by atoms with Gasteiger partial charge >= 0.3 is 11.8 Å². The van der Waals surface area contributed by atoms with Crippen molar-refractivity contribution in [2.24, 2.45) is 5.92 Å². The van der Waals surface area contributed by atoms with Gasteiger partial charge in [-0.25, -0.2) is 0 Å². The van der Waals surface area contributed by atoms with Crippen molar-refractivity contribution in [1.29, 1.82) is 0 Å². The maximum Gasteiger partial charge on any atom is 0.309 e. The number of nitrogens with zero attached hydrogens (tertiary/aromatic N) is 1. The first kappa shape index (κ1) is 19.6. The molecule has 2 aliphatic rings. The summed E-state index contributed by atoms with van der Waals surface area (Å²) >= 11 is 0. The molecule has 1 unspecified atom stereocenters. The van der Waals surface area contributed by atoms with E-state index in [1.807, 2.05) is 24.3 Å². The highest BCUT2D eigenvalue weighted by Gasteiger charge is 2.28. The molecule has 0 aliphatic carbocycles. The molecule has 0 bridgehead atoms. The Hall–Kier alpha value is -2.12. The minimum atomic E-state index is -0.610. The molecule has 2 amide bonds. The number of hydrogen-bond donors (Lipinski definition) is 2. The van der Waals surface area contributed by atoms with Gasteiger partial charge in [0.15, 0.2) is 0 Å². The Kier molecular flexibility index (Phi) is 7.06. The summed E-state index contributed by atoms with van der Waals surface area (Å²) in [5.41, 5.74) is 0.837. The minimum absolute atomic E-state index is 0.262. The van der Waals surface area contributed by atoms with Crippen LogP contribution in [0, 0.1) is 5.92 Å². The fraction of sp³-hybridized carbons (Fsp3) is 0.600. The van der Waals surface area contributed by atoms with Crippen molar-refractivity contribution in [2.45, 2.75) is 31.8 Å². The van der Waals surface area contributed by atoms with Crippen LogP contribution in [0.5, 0.6) is 5.75 Å². The Balaban J connectivity index is 1.36. The fourth-order valence-corrected chi connectivity index (χ4v) is 3.75. The number of hydrogen-bond acceptors (Lipinski definition) is 5. The van der Waals surface area contributed by atoms with Gasteiger partial charge in [-0.15, -0.1) is 0 Å². The van der Waals surface area contributed by atoms with Gasteiger partial charge < -0.3 is 20.1 Å². The van der Waals surface area contributed by atoms with E-state index in [4.69, 9.17) is 9.47 Å². The van der Waals surface area contributed by atoms with Crippen molar-refractivity contribution in [2.75, 3.05) is 40.0 Å². The van der Waals surface area contributed by atoms with Gasteiger partial charge in [0.2, 0.25) is 0 Å². The Labute approximate surface area is 160 Å². The Morgan fingerprint density at radius 2 is 1.89 bits per heavy atom. The average molecular weight is 375 g/mol. The first-order valence-corrected chi connectivity index (χ1v) is 9.67. The molecular weight excluding hydrogens is 346 g/mol. The summed E-state index contributed by atoms with van der Waals surface area (Å²) in [4.78, 5) is 26.6. The number of rotatable bonds is 6. The van der Waals surface area contributed by atoms with Crippen molar-refractivity contribution in [3.05, 3.63) is 29.8 Å². The molecule has 1 aromatic carbocycles. The topological polar surface area (TPSA) is 79.9 Å². The second-order valence-corrected chi connectivity index (χ2v) is 7.20. The molecule has 1 aromatic rings. The smallest absolute Gasteiger partial charge is 0.309 e. The molecule has 2 N–H and O–H groups in total. The van der Waals surface area contributed by atoms with Crippen LogP contribution in [-0.4, -0.2) is 62.7 Å². The largest absolute Gasteiger partial charge is 0.496 e. The molecule has 7 nitrogen and oxygen atoms in total. The summed E-state index contributed by atoms with van der Waals surface area (Å²) in [6.07, 6.45) is 3.20. The van der Waals surface area contributed by atoms with Crippen molar-refractivity contribution in [1.82, 2.24) is 15.5 Å². The highest BCUT2D eigenvalue weighted by Crippen LogP contribution is 2.22. The van der Waals surface area contributed by atoms with Gasteiger partial charge in [0.05, 0.1) is 13.7 Å². The van der Waals surface area contributed by atoms with Crippen LogP contribution in [-0.2, 0) is 20.9 Å². The molecule has 0 spiro atoms. The lowest BCUT2D eigenvalue weighted by molar-refractivity contribution is -0.139. The number of amides is 2. The van der Waals surface area contributed by atoms with Gasteiger partial charge in [0.1, 0.15) is 5.75 Å². The maximum absolute atomic E-state index is 12.1. The van der Waals surface area contributed by atoms with Gasteiger partial charge in [-0.1, -0.05) is 18.2 Å². The maximum atomic E-state index is 12.1. The molecule has 148 valence electrons. The van der Waals surface area contributed by atoms with Crippen molar-refractivity contribution < 1.29 is 19.1 Å². The molecular formula is C20H29N3O4. The number of methoxy groups -OCH3 is 1. The zero-order valence-corrected chi connectivity index (χ0v) is 15.9. The Bertz CT molecular complexity index is 638. The van der Waals surface area contributed by atoms with Gasteiger partial charge in [-0.2, -0.15) is 0 Å². The third kappa shape index (κ3) is 5.43. The zero-order chi connectivity index (χ0) is 19.1. The number of para-hydroxylation sites is 1. The zero-order valence-electron chi connectivity index (χ0n) is 15.9. The average Bonchev–Trinajstić information content (AvgIpc) is 3.25. The third-order valence-corrected chi connectivity index (χ3v) is 5.46. The molecule has 27 heavy (non-hydrogen) atoms. The second-order valence-electron chi connectivity index (χ2n) is 7.20. The van der Waals surface area contributed by atoms with Gasteiger partial charge in [-0.05, 0) is 44.3 Å². The Morgan fingerprint density at radius 3 is 2.59 bits per heavy atom. The predicted molar refractivity (Wildman–Crippen MR) is 101 cm³/mol. The van der Waals surface area contributed by atoms with Gasteiger partial charge in [0, 0.05) is 31.3 Å². The second kappa shape index (κ2) is 9.71. The van der Waals surface area contributed by atoms with Crippen LogP contribution in [0.4, 0.5) is 0 Å². The normalized spacial score (nSPS) is 21.0. The van der Waals surface area contributed by atoms with Gasteiger partial charge in [0.25, 0.3) is 0 Å². The number of benzene rings is 1. The summed E-state index contributed by atoms with van der Waals surface area (Å²) in [5, 5.41) is 5.43. The lowest BCUT2D eigenvalue weighted by atomic mass is 9.95. The molecule has 0 aromatic heterocycles. The number of nitrogens with one attached hydrogen (secondary N) is 2. The molecule has 2 saturated heterocycles. The summed E-state index contributed by atoms with van der Waals surface area (Å²) in [6, 6.07) is 7.98. The predicted octanol–water partition coefficient (Wildman–Crippen LogP) is 0.929. The quantitative estimate of drug-likeness (QED) is 0.723. The van der Waals surface area contributed by atoms with E-state index in [9.17, 15) is 9.59 Å². The number of likely N-dealkylation sites (tertiary alicyclic amines) is 1. The lowest BCUT2D eigenvalue weighted by Gasteiger charge is -2.35. The summed E-state index contributed by atoms with van der Waals surface area (Å²) in [5.74, 6) is -0.0647. The van der Waals surface area contributed by atoms with E-state index in [0.29, 0.717) is 24.3 Å². The summed E-state index contributed by atoms with van der Waals surface area (Å²) < 4.78 is 10.7. The molecule has 1 atom stereocenters. The van der Waals surface area contributed by atoms with Gasteiger partial charge in [-0.3, -0.25) is 14.5 Å². The van der Waals surface area contributed by atoms with E-state index in [1.54, 1.807) is 7.11 Å². The monoisotopic (exact) mass is 375 g/mol. The molecule has 3 rings (SSSR count). The van der Waals surface area contributed by atoms with E-state index in [-0.39, 0.29) is 6.54 Å². The number of piperidine rings is 1. The van der Waals surface area contributed by atoms with Crippen molar-refractivity contribution in [3.63, 3.8) is 0 Å². The van der Waals surface area contributed by atoms with Crippen LogP contribution in [0.3, 0.4) is 0 Å². The van der Waals surface area contributed by atoms with Crippen molar-refractivity contribution in [3.8, 4) is 5.75 Å². The standard InChI is InChI=1S/C20H29N3O4/c1-26-18-5-3-2-4-16(18)13-22-20(25)19(24)21-12-15-6-9-23(10-7-15)17-8-11-27-14-17/h2-5,15,17H,6-14H2,1H3,(H,21,24)(H,22,25). The number of carbonyl (C=O) groups excluding carboxylic acids is 2. The van der Waals surface area contributed by atoms with Crippen LogP contribution >= 0.6 is 0 Å². The van der Waals surface area contributed by atoms with E-state index >= 15 is 0 Å². The van der Waals surface area contributed by atoms with Crippen LogP contribution in [0.15, 0.2) is 24.3 Å². The van der Waals surface area contributed by atoms with Crippen LogP contribution in [0.1, 0.15) is 24.8 Å². The van der Waals surface area contributed by atoms with Crippen LogP contribution < -0.4 is 15.4 Å². The minimum Gasteiger partial charge on any atom is -0.496 e. The first-order valence-electron chi connectivity index (χ1n) is 9.67. The molecule has 2 heterocycles.